The summed E-state index contributed by atoms with van der Waals surface area (Å²) in [7, 11) is 0. The number of rotatable bonds is 1. The Labute approximate surface area is 83.4 Å². The molecule has 68 valence electrons. The van der Waals surface area contributed by atoms with Gasteiger partial charge in [0, 0.05) is 18.6 Å². The van der Waals surface area contributed by atoms with E-state index in [1.807, 2.05) is 6.20 Å². The molecule has 1 unspecified atom stereocenters. The second-order valence-electron chi connectivity index (χ2n) is 2.82. The number of imidazole rings is 1. The first-order valence-corrected chi connectivity index (χ1v) is 4.64. The second-order valence-corrected chi connectivity index (χ2v) is 3.74. The summed E-state index contributed by atoms with van der Waals surface area (Å²) in [5.41, 5.74) is 0.630. The Bertz CT molecular complexity index is 438. The summed E-state index contributed by atoms with van der Waals surface area (Å²) in [5, 5.41) is 9.28. The van der Waals surface area contributed by atoms with Gasteiger partial charge in [-0.15, -0.1) is 0 Å². The molecule has 0 amide bonds. The molecule has 0 aliphatic carbocycles. The zero-order valence-electron chi connectivity index (χ0n) is 6.98. The van der Waals surface area contributed by atoms with E-state index in [1.54, 1.807) is 23.7 Å². The van der Waals surface area contributed by atoms with Crippen LogP contribution in [0.3, 0.4) is 0 Å². The third-order valence-corrected chi connectivity index (χ3v) is 2.13. The van der Waals surface area contributed by atoms with Crippen LogP contribution >= 0.6 is 15.9 Å². The Balaban J connectivity index is 2.62. The average molecular weight is 242 g/mol. The van der Waals surface area contributed by atoms with Crippen molar-refractivity contribution in [2.45, 2.75) is 13.0 Å². The van der Waals surface area contributed by atoms with Crippen molar-refractivity contribution in [1.29, 1.82) is 0 Å². The smallest absolute Gasteiger partial charge is 0.234 e. The normalized spacial score (nSPS) is 13.5. The van der Waals surface area contributed by atoms with Crippen LogP contribution in [0.5, 0.6) is 0 Å². The van der Waals surface area contributed by atoms with Crippen molar-refractivity contribution in [3.8, 4) is 0 Å². The van der Waals surface area contributed by atoms with Crippen molar-refractivity contribution in [3.63, 3.8) is 0 Å². The Morgan fingerprint density at radius 2 is 2.31 bits per heavy atom. The number of nitrogens with zero attached hydrogens (tertiary/aromatic N) is 3. The van der Waals surface area contributed by atoms with Crippen LogP contribution in [0, 0.1) is 0 Å². The third-order valence-electron chi connectivity index (χ3n) is 1.73. The molecule has 2 rings (SSSR count). The molecule has 0 bridgehead atoms. The average Bonchev–Trinajstić information content (AvgIpc) is 2.46. The van der Waals surface area contributed by atoms with Crippen LogP contribution in [0.4, 0.5) is 0 Å². The summed E-state index contributed by atoms with van der Waals surface area (Å²) in [5.74, 6) is 0.596. The molecule has 0 fully saturated rings. The van der Waals surface area contributed by atoms with E-state index in [4.69, 9.17) is 0 Å². The van der Waals surface area contributed by atoms with Crippen LogP contribution in [0.2, 0.25) is 0 Å². The van der Waals surface area contributed by atoms with Gasteiger partial charge in [-0.3, -0.25) is 4.40 Å². The largest absolute Gasteiger partial charge is 0.387 e. The molecule has 0 aliphatic rings. The topological polar surface area (TPSA) is 50.4 Å². The lowest BCUT2D eigenvalue weighted by Gasteiger charge is -1.94. The number of hydrogen-bond acceptors (Lipinski definition) is 3. The maximum absolute atomic E-state index is 9.28. The fraction of sp³-hybridized carbons (Fsp3) is 0.250. The fourth-order valence-electron chi connectivity index (χ4n) is 1.08. The first-order chi connectivity index (χ1) is 6.16. The molecule has 5 heteroatoms. The molecule has 1 N–H and O–H groups in total. The van der Waals surface area contributed by atoms with Crippen LogP contribution in [0.1, 0.15) is 18.7 Å². The molecular formula is C8H8BrN3O. The van der Waals surface area contributed by atoms with Gasteiger partial charge >= 0.3 is 0 Å². The molecule has 0 aliphatic heterocycles. The molecule has 0 spiro atoms. The van der Waals surface area contributed by atoms with Gasteiger partial charge in [-0.1, -0.05) is 0 Å². The van der Waals surface area contributed by atoms with Crippen LogP contribution in [-0.2, 0) is 0 Å². The van der Waals surface area contributed by atoms with Gasteiger partial charge in [0.2, 0.25) is 5.78 Å². The maximum atomic E-state index is 9.28. The van der Waals surface area contributed by atoms with Crippen LogP contribution in [0.25, 0.3) is 5.78 Å². The second kappa shape index (κ2) is 3.08. The van der Waals surface area contributed by atoms with E-state index in [0.29, 0.717) is 11.5 Å². The Morgan fingerprint density at radius 3 is 3.00 bits per heavy atom. The highest BCUT2D eigenvalue weighted by molar-refractivity contribution is 9.10. The molecule has 4 nitrogen and oxygen atoms in total. The van der Waals surface area contributed by atoms with E-state index >= 15 is 0 Å². The highest BCUT2D eigenvalue weighted by Crippen LogP contribution is 2.13. The molecule has 0 saturated carbocycles. The van der Waals surface area contributed by atoms with Crippen molar-refractivity contribution >= 4 is 21.7 Å². The Kier molecular flexibility index (Phi) is 2.05. The van der Waals surface area contributed by atoms with E-state index in [2.05, 4.69) is 25.9 Å². The van der Waals surface area contributed by atoms with Crippen LogP contribution in [0.15, 0.2) is 23.1 Å². The van der Waals surface area contributed by atoms with E-state index in [1.165, 1.54) is 0 Å². The summed E-state index contributed by atoms with van der Waals surface area (Å²) >= 11 is 3.31. The van der Waals surface area contributed by atoms with Gasteiger partial charge in [0.25, 0.3) is 0 Å². The van der Waals surface area contributed by atoms with Crippen molar-refractivity contribution in [2.75, 3.05) is 0 Å². The van der Waals surface area contributed by atoms with Gasteiger partial charge in [0.05, 0.1) is 16.3 Å². The lowest BCUT2D eigenvalue weighted by molar-refractivity contribution is 0.195. The lowest BCUT2D eigenvalue weighted by Crippen LogP contribution is -1.89. The minimum atomic E-state index is -0.555. The number of fused-ring (bicyclic) bond motifs is 1. The van der Waals surface area contributed by atoms with Crippen LogP contribution < -0.4 is 0 Å². The summed E-state index contributed by atoms with van der Waals surface area (Å²) in [6.45, 7) is 1.68. The van der Waals surface area contributed by atoms with Gasteiger partial charge in [-0.05, 0) is 22.9 Å². The third kappa shape index (κ3) is 1.57. The molecule has 13 heavy (non-hydrogen) atoms. The predicted molar refractivity (Wildman–Crippen MR) is 51.3 cm³/mol. The Hall–Kier alpha value is -0.940. The summed E-state index contributed by atoms with van der Waals surface area (Å²) < 4.78 is 2.65. The number of hydrogen-bond donors (Lipinski definition) is 1. The maximum Gasteiger partial charge on any atom is 0.234 e. The quantitative estimate of drug-likeness (QED) is 0.825. The summed E-state index contributed by atoms with van der Waals surface area (Å²) in [4.78, 5) is 8.21. The van der Waals surface area contributed by atoms with Crippen molar-refractivity contribution in [1.82, 2.24) is 14.4 Å². The van der Waals surface area contributed by atoms with Crippen molar-refractivity contribution in [2.24, 2.45) is 0 Å². The predicted octanol–water partition coefficient (Wildman–Crippen LogP) is 1.55. The van der Waals surface area contributed by atoms with Crippen molar-refractivity contribution in [3.05, 3.63) is 28.8 Å². The van der Waals surface area contributed by atoms with E-state index in [9.17, 15) is 5.11 Å². The molecule has 0 radical (unpaired) electrons. The Morgan fingerprint density at radius 1 is 1.54 bits per heavy atom. The molecule has 2 aromatic rings. The van der Waals surface area contributed by atoms with E-state index < -0.39 is 6.10 Å². The molecule has 2 heterocycles. The fourth-order valence-corrected chi connectivity index (χ4v) is 1.40. The van der Waals surface area contributed by atoms with Gasteiger partial charge in [-0.2, -0.15) is 0 Å². The molecule has 2 aromatic heterocycles. The van der Waals surface area contributed by atoms with E-state index in [-0.39, 0.29) is 0 Å². The molecule has 1 atom stereocenters. The minimum Gasteiger partial charge on any atom is -0.387 e. The van der Waals surface area contributed by atoms with Gasteiger partial charge in [0.15, 0.2) is 0 Å². The zero-order valence-corrected chi connectivity index (χ0v) is 8.56. The van der Waals surface area contributed by atoms with E-state index in [0.717, 1.165) is 4.47 Å². The monoisotopic (exact) mass is 241 g/mol. The highest BCUT2D eigenvalue weighted by Gasteiger charge is 2.06. The van der Waals surface area contributed by atoms with Gasteiger partial charge < -0.3 is 5.11 Å². The van der Waals surface area contributed by atoms with Crippen molar-refractivity contribution < 1.29 is 5.11 Å². The summed E-state index contributed by atoms with van der Waals surface area (Å²) in [6, 6.07) is 0. The first-order valence-electron chi connectivity index (χ1n) is 3.85. The zero-order chi connectivity index (χ0) is 9.42. The molecule has 0 saturated heterocycles. The lowest BCUT2D eigenvalue weighted by atomic mass is 10.3. The number of aromatic nitrogens is 3. The molecule has 0 aromatic carbocycles. The number of aliphatic hydroxyl groups is 1. The highest BCUT2D eigenvalue weighted by atomic mass is 79.9. The first kappa shape index (κ1) is 8.65. The minimum absolute atomic E-state index is 0.555. The van der Waals surface area contributed by atoms with Crippen LogP contribution in [-0.4, -0.2) is 19.5 Å². The summed E-state index contributed by atoms with van der Waals surface area (Å²) in [6.07, 6.45) is 4.73. The SMILES string of the molecule is CC(O)c1cn2cc(Br)cnc2n1. The van der Waals surface area contributed by atoms with Gasteiger partial charge in [0.1, 0.15) is 0 Å². The molecular weight excluding hydrogens is 234 g/mol. The standard InChI is InChI=1S/C8H8BrN3O/c1-5(13)7-4-12-3-6(9)2-10-8(12)11-7/h2-5,13H,1H3. The van der Waals surface area contributed by atoms with Gasteiger partial charge in [-0.25, -0.2) is 9.97 Å². The number of halogens is 1. The number of aliphatic hydroxyl groups excluding tert-OH is 1.